The van der Waals surface area contributed by atoms with Crippen molar-refractivity contribution in [2.24, 2.45) is 0 Å². The molecule has 1 saturated heterocycles. The molecule has 0 saturated carbocycles. The molecular weight excluding hydrogens is 410 g/mol. The van der Waals surface area contributed by atoms with Gasteiger partial charge in [-0.3, -0.25) is 4.90 Å². The van der Waals surface area contributed by atoms with Crippen LogP contribution >= 0.6 is 0 Å². The number of phenols is 1. The molecule has 1 N–H and O–H groups in total. The van der Waals surface area contributed by atoms with Gasteiger partial charge in [0.1, 0.15) is 28.4 Å². The third-order valence-electron chi connectivity index (χ3n) is 5.41. The van der Waals surface area contributed by atoms with Gasteiger partial charge in [0.05, 0.1) is 0 Å². The number of carbonyl (C=O) groups is 2. The van der Waals surface area contributed by atoms with Crippen molar-refractivity contribution in [1.82, 2.24) is 4.90 Å². The Labute approximate surface area is 188 Å². The Morgan fingerprint density at radius 3 is 2.47 bits per heavy atom. The number of nitrogens with zero attached hydrogens (tertiary/aromatic N) is 1. The van der Waals surface area contributed by atoms with E-state index in [2.05, 4.69) is 11.8 Å². The van der Waals surface area contributed by atoms with E-state index in [0.717, 1.165) is 25.9 Å². The molecule has 1 fully saturated rings. The Balaban J connectivity index is 2.04. The van der Waals surface area contributed by atoms with Crippen LogP contribution in [-0.2, 0) is 4.74 Å². The van der Waals surface area contributed by atoms with Gasteiger partial charge in [0, 0.05) is 17.2 Å². The second kappa shape index (κ2) is 9.61. The van der Waals surface area contributed by atoms with Gasteiger partial charge in [-0.1, -0.05) is 25.1 Å². The summed E-state index contributed by atoms with van der Waals surface area (Å²) in [4.78, 5) is 27.7. The van der Waals surface area contributed by atoms with E-state index in [1.54, 1.807) is 64.1 Å². The molecule has 0 bridgehead atoms. The SMILES string of the molecule is CCN1CCC[C@H]1c1cc(OC(=O)OC(C)(C)C)c(C(=O)Oc2ccccc2)c(C)c1O. The van der Waals surface area contributed by atoms with Crippen molar-refractivity contribution in [1.29, 1.82) is 0 Å². The van der Waals surface area contributed by atoms with Crippen LogP contribution in [0.15, 0.2) is 36.4 Å². The van der Waals surface area contributed by atoms with Crippen molar-refractivity contribution >= 4 is 12.1 Å². The molecule has 0 aromatic heterocycles. The van der Waals surface area contributed by atoms with Crippen LogP contribution in [0.2, 0.25) is 0 Å². The minimum atomic E-state index is -0.930. The second-order valence-electron chi connectivity index (χ2n) is 8.87. The van der Waals surface area contributed by atoms with Gasteiger partial charge in [0.15, 0.2) is 0 Å². The molecule has 2 aromatic carbocycles. The van der Waals surface area contributed by atoms with Gasteiger partial charge < -0.3 is 19.3 Å². The quantitative estimate of drug-likeness (QED) is 0.378. The number of hydrogen-bond acceptors (Lipinski definition) is 7. The first-order valence-corrected chi connectivity index (χ1v) is 10.9. The number of likely N-dealkylation sites (tertiary alicyclic amines) is 1. The lowest BCUT2D eigenvalue weighted by atomic mass is 9.96. The van der Waals surface area contributed by atoms with Crippen LogP contribution in [0.1, 0.15) is 68.1 Å². The zero-order chi connectivity index (χ0) is 23.5. The molecule has 1 heterocycles. The molecule has 0 spiro atoms. The maximum absolute atomic E-state index is 13.1. The van der Waals surface area contributed by atoms with Gasteiger partial charge in [-0.25, -0.2) is 9.59 Å². The molecule has 1 aliphatic rings. The van der Waals surface area contributed by atoms with E-state index in [1.165, 1.54) is 0 Å². The largest absolute Gasteiger partial charge is 0.514 e. The van der Waals surface area contributed by atoms with Crippen molar-refractivity contribution in [3.8, 4) is 17.2 Å². The summed E-state index contributed by atoms with van der Waals surface area (Å²) in [5, 5.41) is 11.0. The standard InChI is InChI=1S/C25H31NO6/c1-6-26-14-10-13-19(26)18-15-20(31-24(29)32-25(3,4)5)21(16(2)22(18)27)23(28)30-17-11-8-7-9-12-17/h7-9,11-12,15,19,27H,6,10,13-14H2,1-5H3/t19-/m0/s1. The number of benzene rings is 2. The zero-order valence-corrected chi connectivity index (χ0v) is 19.3. The molecule has 0 unspecified atom stereocenters. The van der Waals surface area contributed by atoms with Crippen LogP contribution in [0.25, 0.3) is 0 Å². The molecule has 1 aliphatic heterocycles. The van der Waals surface area contributed by atoms with Crippen molar-refractivity contribution in [2.75, 3.05) is 13.1 Å². The summed E-state index contributed by atoms with van der Waals surface area (Å²) in [5.41, 5.74) is 0.143. The molecule has 32 heavy (non-hydrogen) atoms. The summed E-state index contributed by atoms with van der Waals surface area (Å²) < 4.78 is 16.3. The number of aromatic hydroxyl groups is 1. The van der Waals surface area contributed by atoms with E-state index in [1.807, 2.05) is 0 Å². The maximum atomic E-state index is 13.1. The molecule has 0 aliphatic carbocycles. The van der Waals surface area contributed by atoms with Crippen molar-refractivity contribution in [2.45, 2.75) is 59.1 Å². The minimum absolute atomic E-state index is 0.00639. The van der Waals surface area contributed by atoms with Gasteiger partial charge >= 0.3 is 12.1 Å². The lowest BCUT2D eigenvalue weighted by Gasteiger charge is -2.26. The molecule has 7 nitrogen and oxygen atoms in total. The Morgan fingerprint density at radius 1 is 1.16 bits per heavy atom. The highest BCUT2D eigenvalue weighted by Gasteiger charge is 2.32. The summed E-state index contributed by atoms with van der Waals surface area (Å²) in [6, 6.07) is 10.1. The van der Waals surface area contributed by atoms with E-state index in [0.29, 0.717) is 16.9 Å². The lowest BCUT2D eigenvalue weighted by molar-refractivity contribution is 0.0203. The second-order valence-corrected chi connectivity index (χ2v) is 8.87. The first-order valence-electron chi connectivity index (χ1n) is 10.9. The van der Waals surface area contributed by atoms with Gasteiger partial charge in [0.2, 0.25) is 0 Å². The summed E-state index contributed by atoms with van der Waals surface area (Å²) in [6.45, 7) is 10.6. The topological polar surface area (TPSA) is 85.3 Å². The molecule has 0 radical (unpaired) electrons. The van der Waals surface area contributed by atoms with Crippen molar-refractivity contribution < 1.29 is 28.9 Å². The molecule has 3 rings (SSSR count). The van der Waals surface area contributed by atoms with Crippen LogP contribution in [0, 0.1) is 6.92 Å². The van der Waals surface area contributed by atoms with Crippen LogP contribution in [0.4, 0.5) is 4.79 Å². The van der Waals surface area contributed by atoms with Gasteiger partial charge in [0.25, 0.3) is 0 Å². The van der Waals surface area contributed by atoms with E-state index in [4.69, 9.17) is 14.2 Å². The Bertz CT molecular complexity index is 980. The van der Waals surface area contributed by atoms with Gasteiger partial charge in [-0.05, 0) is 71.8 Å². The highest BCUT2D eigenvalue weighted by Crippen LogP contribution is 2.42. The summed E-state index contributed by atoms with van der Waals surface area (Å²) in [6.07, 6.45) is 0.929. The van der Waals surface area contributed by atoms with E-state index in [9.17, 15) is 14.7 Å². The van der Waals surface area contributed by atoms with Crippen LogP contribution in [0.3, 0.4) is 0 Å². The van der Waals surface area contributed by atoms with E-state index < -0.39 is 17.7 Å². The lowest BCUT2D eigenvalue weighted by Crippen LogP contribution is -2.27. The Kier molecular flexibility index (Phi) is 7.09. The van der Waals surface area contributed by atoms with Crippen molar-refractivity contribution in [3.05, 3.63) is 53.1 Å². The number of hydrogen-bond donors (Lipinski definition) is 1. The molecule has 0 amide bonds. The molecule has 2 aromatic rings. The molecule has 1 atom stereocenters. The van der Waals surface area contributed by atoms with Crippen molar-refractivity contribution in [3.63, 3.8) is 0 Å². The van der Waals surface area contributed by atoms with Gasteiger partial charge in [-0.2, -0.15) is 0 Å². The average molecular weight is 442 g/mol. The third kappa shape index (κ3) is 5.40. The predicted octanol–water partition coefficient (Wildman–Crippen LogP) is 5.39. The molecule has 7 heteroatoms. The number of ether oxygens (including phenoxy) is 3. The number of rotatable bonds is 5. The minimum Gasteiger partial charge on any atom is -0.507 e. The Morgan fingerprint density at radius 2 is 1.84 bits per heavy atom. The average Bonchev–Trinajstić information content (AvgIpc) is 3.18. The smallest absolute Gasteiger partial charge is 0.507 e. The third-order valence-corrected chi connectivity index (χ3v) is 5.41. The summed E-state index contributed by atoms with van der Waals surface area (Å²) in [5.74, 6) is -0.371. The number of carbonyl (C=O) groups excluding carboxylic acids is 2. The first-order chi connectivity index (χ1) is 15.1. The zero-order valence-electron chi connectivity index (χ0n) is 19.3. The van der Waals surface area contributed by atoms with Crippen LogP contribution in [0.5, 0.6) is 17.2 Å². The molecule has 172 valence electrons. The van der Waals surface area contributed by atoms with Crippen LogP contribution < -0.4 is 9.47 Å². The predicted molar refractivity (Wildman–Crippen MR) is 120 cm³/mol. The Hall–Kier alpha value is -3.06. The highest BCUT2D eigenvalue weighted by molar-refractivity contribution is 5.97. The fourth-order valence-corrected chi connectivity index (χ4v) is 3.95. The van der Waals surface area contributed by atoms with E-state index in [-0.39, 0.29) is 23.1 Å². The van der Waals surface area contributed by atoms with E-state index >= 15 is 0 Å². The summed E-state index contributed by atoms with van der Waals surface area (Å²) in [7, 11) is 0. The summed E-state index contributed by atoms with van der Waals surface area (Å²) >= 11 is 0. The monoisotopic (exact) mass is 441 g/mol. The van der Waals surface area contributed by atoms with Crippen LogP contribution in [-0.4, -0.2) is 40.8 Å². The maximum Gasteiger partial charge on any atom is 0.514 e. The number of para-hydroxylation sites is 1. The fraction of sp³-hybridized carbons (Fsp3) is 0.440. The molecular formula is C25H31NO6. The first kappa shape index (κ1) is 23.6. The van der Waals surface area contributed by atoms with Gasteiger partial charge in [-0.15, -0.1) is 0 Å². The number of esters is 1. The highest BCUT2D eigenvalue weighted by atomic mass is 16.7. The number of phenolic OH excluding ortho intramolecular Hbond substituents is 1. The normalized spacial score (nSPS) is 16.6. The fourth-order valence-electron chi connectivity index (χ4n) is 3.95.